The first-order chi connectivity index (χ1) is 12.7. The summed E-state index contributed by atoms with van der Waals surface area (Å²) in [5, 5.41) is 11.9. The normalized spacial score (nSPS) is 11.9. The van der Waals surface area contributed by atoms with E-state index in [0.717, 1.165) is 29.5 Å². The summed E-state index contributed by atoms with van der Waals surface area (Å²) in [7, 11) is -7.97. The second-order valence-electron chi connectivity index (χ2n) is 5.33. The van der Waals surface area contributed by atoms with Crippen molar-refractivity contribution in [2.45, 2.75) is 9.10 Å². The molecule has 3 N–H and O–H groups in total. The number of hydrogen-bond donors (Lipinski definition) is 3. The summed E-state index contributed by atoms with van der Waals surface area (Å²) < 4.78 is 54.3. The van der Waals surface area contributed by atoms with Gasteiger partial charge in [0.15, 0.2) is 0 Å². The van der Waals surface area contributed by atoms with Crippen LogP contribution in [0.1, 0.15) is 0 Å². The molecule has 0 saturated carbocycles. The van der Waals surface area contributed by atoms with E-state index in [1.54, 1.807) is 23.6 Å². The maximum atomic E-state index is 12.6. The van der Waals surface area contributed by atoms with Gasteiger partial charge in [-0.1, -0.05) is 23.7 Å². The highest BCUT2D eigenvalue weighted by Gasteiger charge is 2.21. The first-order valence-corrected chi connectivity index (χ1v) is 11.6. The number of phenols is 1. The number of rotatable bonds is 6. The quantitative estimate of drug-likeness (QED) is 0.501. The zero-order valence-electron chi connectivity index (χ0n) is 13.5. The van der Waals surface area contributed by atoms with Gasteiger partial charge in [0.05, 0.1) is 16.3 Å². The Bertz CT molecular complexity index is 1180. The van der Waals surface area contributed by atoms with Crippen molar-refractivity contribution in [1.29, 1.82) is 0 Å². The Labute approximate surface area is 165 Å². The van der Waals surface area contributed by atoms with Gasteiger partial charge in [0.25, 0.3) is 20.0 Å². The molecule has 142 valence electrons. The lowest BCUT2D eigenvalue weighted by Crippen LogP contribution is -2.15. The summed E-state index contributed by atoms with van der Waals surface area (Å²) in [6, 6.07) is 12.4. The van der Waals surface area contributed by atoms with Crippen LogP contribution in [0.3, 0.4) is 0 Å². The van der Waals surface area contributed by atoms with Crippen LogP contribution < -0.4 is 9.44 Å². The predicted molar refractivity (Wildman–Crippen MR) is 105 cm³/mol. The fraction of sp³-hybridized carbons (Fsp3) is 0. The summed E-state index contributed by atoms with van der Waals surface area (Å²) in [6.45, 7) is 0. The molecule has 0 amide bonds. The molecule has 2 aromatic carbocycles. The fourth-order valence-corrected chi connectivity index (χ4v) is 5.47. The third kappa shape index (κ3) is 4.53. The Morgan fingerprint density at radius 2 is 1.67 bits per heavy atom. The predicted octanol–water partition coefficient (Wildman–Crippen LogP) is 3.71. The minimum atomic E-state index is -4.03. The van der Waals surface area contributed by atoms with Gasteiger partial charge in [0, 0.05) is 5.02 Å². The Morgan fingerprint density at radius 1 is 0.889 bits per heavy atom. The van der Waals surface area contributed by atoms with E-state index < -0.39 is 25.8 Å². The van der Waals surface area contributed by atoms with Crippen LogP contribution in [0.15, 0.2) is 69.1 Å². The molecule has 0 atom stereocenters. The van der Waals surface area contributed by atoms with E-state index in [9.17, 15) is 21.9 Å². The molecule has 1 heterocycles. The maximum Gasteiger partial charge on any atom is 0.271 e. The van der Waals surface area contributed by atoms with E-state index in [2.05, 4.69) is 9.44 Å². The van der Waals surface area contributed by atoms with Crippen LogP contribution in [-0.4, -0.2) is 21.9 Å². The average molecular weight is 445 g/mol. The van der Waals surface area contributed by atoms with Crippen molar-refractivity contribution >= 4 is 54.4 Å². The lowest BCUT2D eigenvalue weighted by atomic mass is 10.3. The van der Waals surface area contributed by atoms with Gasteiger partial charge in [-0.15, -0.1) is 11.3 Å². The number of halogens is 1. The van der Waals surface area contributed by atoms with E-state index in [1.807, 2.05) is 0 Å². The maximum absolute atomic E-state index is 12.6. The molecule has 0 aliphatic rings. The minimum absolute atomic E-state index is 0.0345. The zero-order valence-corrected chi connectivity index (χ0v) is 16.7. The van der Waals surface area contributed by atoms with Gasteiger partial charge >= 0.3 is 0 Å². The smallest absolute Gasteiger partial charge is 0.271 e. The van der Waals surface area contributed by atoms with Gasteiger partial charge in [0.1, 0.15) is 9.96 Å². The third-order valence-corrected chi connectivity index (χ3v) is 7.74. The topological polar surface area (TPSA) is 113 Å². The Morgan fingerprint density at radius 3 is 2.33 bits per heavy atom. The van der Waals surface area contributed by atoms with Gasteiger partial charge < -0.3 is 5.11 Å². The fourth-order valence-electron chi connectivity index (χ4n) is 2.14. The molecule has 0 saturated heterocycles. The second-order valence-corrected chi connectivity index (χ2v) is 10.3. The number of nitrogens with one attached hydrogen (secondary N) is 2. The van der Waals surface area contributed by atoms with Crippen LogP contribution in [0.5, 0.6) is 5.75 Å². The van der Waals surface area contributed by atoms with Crippen LogP contribution in [0.2, 0.25) is 5.02 Å². The van der Waals surface area contributed by atoms with E-state index in [0.29, 0.717) is 5.02 Å². The number of anilines is 2. The second kappa shape index (κ2) is 7.39. The van der Waals surface area contributed by atoms with E-state index in [4.69, 9.17) is 11.6 Å². The molecular formula is C16H13ClN2O5S3. The molecule has 27 heavy (non-hydrogen) atoms. The zero-order chi connectivity index (χ0) is 19.7. The van der Waals surface area contributed by atoms with Crippen molar-refractivity contribution in [2.24, 2.45) is 0 Å². The van der Waals surface area contributed by atoms with Crippen molar-refractivity contribution in [3.8, 4) is 5.75 Å². The molecule has 1 aromatic heterocycles. The summed E-state index contributed by atoms with van der Waals surface area (Å²) in [4.78, 5) is -0.232. The summed E-state index contributed by atoms with van der Waals surface area (Å²) in [5.41, 5.74) is -0.00587. The van der Waals surface area contributed by atoms with Crippen molar-refractivity contribution in [2.75, 3.05) is 9.44 Å². The lowest BCUT2D eigenvalue weighted by molar-refractivity contribution is 0.477. The largest absolute Gasteiger partial charge is 0.506 e. The molecular weight excluding hydrogens is 432 g/mol. The van der Waals surface area contributed by atoms with Crippen LogP contribution in [0.4, 0.5) is 11.4 Å². The van der Waals surface area contributed by atoms with E-state index >= 15 is 0 Å². The molecule has 0 bridgehead atoms. The van der Waals surface area contributed by atoms with Crippen LogP contribution in [-0.2, 0) is 20.0 Å². The van der Waals surface area contributed by atoms with Gasteiger partial charge in [-0.05, 0) is 47.8 Å². The van der Waals surface area contributed by atoms with E-state index in [1.165, 1.54) is 18.2 Å². The highest BCUT2D eigenvalue weighted by molar-refractivity contribution is 7.94. The van der Waals surface area contributed by atoms with Crippen LogP contribution in [0, 0.1) is 0 Å². The first kappa shape index (κ1) is 19.5. The molecule has 11 heteroatoms. The van der Waals surface area contributed by atoms with Crippen molar-refractivity contribution in [1.82, 2.24) is 0 Å². The molecule has 3 rings (SSSR count). The van der Waals surface area contributed by atoms with Gasteiger partial charge in [-0.3, -0.25) is 9.44 Å². The number of phenolic OH excluding ortho intramolecular Hbond substituents is 1. The molecule has 0 fully saturated rings. The number of aromatic hydroxyl groups is 1. The lowest BCUT2D eigenvalue weighted by Gasteiger charge is -2.12. The number of thiophene rings is 1. The summed E-state index contributed by atoms with van der Waals surface area (Å²) >= 11 is 6.84. The van der Waals surface area contributed by atoms with Gasteiger partial charge in [0.2, 0.25) is 0 Å². The summed E-state index contributed by atoms with van der Waals surface area (Å²) in [5.74, 6) is -0.406. The minimum Gasteiger partial charge on any atom is -0.506 e. The van der Waals surface area contributed by atoms with Gasteiger partial charge in [-0.25, -0.2) is 16.8 Å². The number of sulfonamides is 2. The molecule has 3 aromatic rings. The number of benzene rings is 2. The van der Waals surface area contributed by atoms with Crippen molar-refractivity contribution in [3.05, 3.63) is 65.0 Å². The average Bonchev–Trinajstić information content (AvgIpc) is 3.11. The van der Waals surface area contributed by atoms with E-state index in [-0.39, 0.29) is 20.5 Å². The highest BCUT2D eigenvalue weighted by atomic mass is 35.5. The first-order valence-electron chi connectivity index (χ1n) is 7.35. The molecule has 0 unspecified atom stereocenters. The molecule has 0 spiro atoms. The van der Waals surface area contributed by atoms with Crippen molar-refractivity contribution in [3.63, 3.8) is 0 Å². The number of hydrogen-bond acceptors (Lipinski definition) is 6. The van der Waals surface area contributed by atoms with Gasteiger partial charge in [-0.2, -0.15) is 0 Å². The Balaban J connectivity index is 1.93. The third-order valence-electron chi connectivity index (χ3n) is 3.36. The molecule has 0 radical (unpaired) electrons. The van der Waals surface area contributed by atoms with Crippen molar-refractivity contribution < 1.29 is 21.9 Å². The Kier molecular flexibility index (Phi) is 5.33. The van der Waals surface area contributed by atoms with Crippen LogP contribution >= 0.6 is 22.9 Å². The van der Waals surface area contributed by atoms with Crippen LogP contribution in [0.25, 0.3) is 0 Å². The standard InChI is InChI=1S/C16H13ClN2O5S3/c17-11-3-1-4-12(9-11)18-26(21,22)13-6-7-15(20)14(10-13)19-27(23,24)16-5-2-8-25-16/h1-10,18-20H. The molecule has 7 nitrogen and oxygen atoms in total. The molecule has 0 aliphatic carbocycles. The summed E-state index contributed by atoms with van der Waals surface area (Å²) in [6.07, 6.45) is 0. The monoisotopic (exact) mass is 444 g/mol. The molecule has 0 aliphatic heterocycles. The Hall–Kier alpha value is -2.27. The SMILES string of the molecule is O=S(=O)(Nc1cccc(Cl)c1)c1ccc(O)c(NS(=O)(=O)c2cccs2)c1. The highest BCUT2D eigenvalue weighted by Crippen LogP contribution is 2.30.